The van der Waals surface area contributed by atoms with E-state index in [1.807, 2.05) is 31.2 Å². The van der Waals surface area contributed by atoms with Crippen molar-refractivity contribution in [2.45, 2.75) is 26.2 Å². The van der Waals surface area contributed by atoms with Crippen LogP contribution in [0.4, 0.5) is 5.82 Å². The molecule has 2 aromatic rings. The Morgan fingerprint density at radius 3 is 3.05 bits per heavy atom. The van der Waals surface area contributed by atoms with Crippen molar-refractivity contribution < 1.29 is 4.79 Å². The van der Waals surface area contributed by atoms with Gasteiger partial charge in [-0.15, -0.1) is 0 Å². The van der Waals surface area contributed by atoms with E-state index in [-0.39, 0.29) is 5.91 Å². The van der Waals surface area contributed by atoms with Crippen LogP contribution in [0.15, 0.2) is 34.9 Å². The maximum absolute atomic E-state index is 11.9. The monoisotopic (exact) mass is 321 g/mol. The van der Waals surface area contributed by atoms with E-state index in [1.165, 1.54) is 0 Å². The predicted octanol–water partition coefficient (Wildman–Crippen LogP) is 3.31. The zero-order valence-corrected chi connectivity index (χ0v) is 12.3. The van der Waals surface area contributed by atoms with Gasteiger partial charge in [0.2, 0.25) is 5.91 Å². The molecule has 0 bridgehead atoms. The van der Waals surface area contributed by atoms with Crippen molar-refractivity contribution in [3.63, 3.8) is 0 Å². The lowest BCUT2D eigenvalue weighted by molar-refractivity contribution is -0.116. The van der Waals surface area contributed by atoms with Crippen LogP contribution in [0.2, 0.25) is 0 Å². The number of nitrogens with one attached hydrogen (secondary N) is 2. The Hall–Kier alpha value is -1.62. The Bertz CT molecular complexity index is 565. The molecule has 100 valence electrons. The van der Waals surface area contributed by atoms with Crippen LogP contribution in [0.1, 0.15) is 24.5 Å². The van der Waals surface area contributed by atoms with Gasteiger partial charge >= 0.3 is 0 Å². The molecule has 0 spiro atoms. The van der Waals surface area contributed by atoms with E-state index in [1.54, 1.807) is 6.20 Å². The van der Waals surface area contributed by atoms with E-state index in [0.717, 1.165) is 28.4 Å². The standard InChI is InChI=1S/C14H16BrN3O/c1-2-11-9-16-18-14(11)17-13(19)7-6-10-4-3-5-12(15)8-10/h3-5,8-9H,2,6-7H2,1H3,(H2,16,17,18,19). The summed E-state index contributed by atoms with van der Waals surface area (Å²) in [6, 6.07) is 8.00. The van der Waals surface area contributed by atoms with Gasteiger partial charge in [-0.05, 0) is 30.5 Å². The number of hydrogen-bond donors (Lipinski definition) is 2. The summed E-state index contributed by atoms with van der Waals surface area (Å²) in [7, 11) is 0. The number of aromatic nitrogens is 2. The number of aromatic amines is 1. The van der Waals surface area contributed by atoms with E-state index in [2.05, 4.69) is 31.4 Å². The first-order valence-corrected chi connectivity index (χ1v) is 7.05. The summed E-state index contributed by atoms with van der Waals surface area (Å²) in [5.41, 5.74) is 2.17. The number of aryl methyl sites for hydroxylation is 2. The van der Waals surface area contributed by atoms with Gasteiger partial charge in [-0.3, -0.25) is 9.89 Å². The van der Waals surface area contributed by atoms with Crippen molar-refractivity contribution in [3.05, 3.63) is 46.1 Å². The molecule has 0 atom stereocenters. The van der Waals surface area contributed by atoms with Crippen LogP contribution in [0.5, 0.6) is 0 Å². The second kappa shape index (κ2) is 6.52. The fourth-order valence-electron chi connectivity index (χ4n) is 1.84. The van der Waals surface area contributed by atoms with Crippen molar-refractivity contribution in [2.75, 3.05) is 5.32 Å². The molecule has 4 nitrogen and oxygen atoms in total. The summed E-state index contributed by atoms with van der Waals surface area (Å²) < 4.78 is 1.03. The maximum atomic E-state index is 11.9. The summed E-state index contributed by atoms with van der Waals surface area (Å²) in [5.74, 6) is 0.709. The van der Waals surface area contributed by atoms with Gasteiger partial charge in [0.05, 0.1) is 6.20 Å². The van der Waals surface area contributed by atoms with E-state index in [9.17, 15) is 4.79 Å². The second-order valence-electron chi connectivity index (χ2n) is 4.30. The molecule has 0 unspecified atom stereocenters. The first-order chi connectivity index (χ1) is 9.19. The zero-order chi connectivity index (χ0) is 13.7. The SMILES string of the molecule is CCc1cn[nH]c1NC(=O)CCc1cccc(Br)c1. The zero-order valence-electron chi connectivity index (χ0n) is 10.7. The molecular formula is C14H16BrN3O. The molecule has 0 saturated carbocycles. The third kappa shape index (κ3) is 3.92. The van der Waals surface area contributed by atoms with Crippen LogP contribution in [-0.2, 0) is 17.6 Å². The van der Waals surface area contributed by atoms with E-state index < -0.39 is 0 Å². The quantitative estimate of drug-likeness (QED) is 0.887. The maximum Gasteiger partial charge on any atom is 0.225 e. The van der Waals surface area contributed by atoms with Crippen LogP contribution in [-0.4, -0.2) is 16.1 Å². The van der Waals surface area contributed by atoms with Crippen molar-refractivity contribution in [1.82, 2.24) is 10.2 Å². The third-order valence-corrected chi connectivity index (χ3v) is 3.39. The highest BCUT2D eigenvalue weighted by molar-refractivity contribution is 9.10. The van der Waals surface area contributed by atoms with Crippen LogP contribution in [0.25, 0.3) is 0 Å². The smallest absolute Gasteiger partial charge is 0.225 e. The summed E-state index contributed by atoms with van der Waals surface area (Å²) >= 11 is 3.42. The highest BCUT2D eigenvalue weighted by atomic mass is 79.9. The van der Waals surface area contributed by atoms with Gasteiger partial charge in [0.25, 0.3) is 0 Å². The van der Waals surface area contributed by atoms with Gasteiger partial charge in [0, 0.05) is 16.5 Å². The van der Waals surface area contributed by atoms with E-state index in [0.29, 0.717) is 12.2 Å². The molecule has 1 heterocycles. The fraction of sp³-hybridized carbons (Fsp3) is 0.286. The Balaban J connectivity index is 1.88. The Labute approximate surface area is 120 Å². The highest BCUT2D eigenvalue weighted by Gasteiger charge is 2.08. The first-order valence-electron chi connectivity index (χ1n) is 6.25. The Morgan fingerprint density at radius 1 is 1.47 bits per heavy atom. The van der Waals surface area contributed by atoms with Crippen molar-refractivity contribution in [3.8, 4) is 0 Å². The molecule has 0 radical (unpaired) electrons. The topological polar surface area (TPSA) is 57.8 Å². The minimum absolute atomic E-state index is 0.000995. The van der Waals surface area contributed by atoms with Crippen LogP contribution >= 0.6 is 15.9 Å². The van der Waals surface area contributed by atoms with Crippen LogP contribution in [0, 0.1) is 0 Å². The lowest BCUT2D eigenvalue weighted by Gasteiger charge is -2.05. The molecule has 1 aromatic heterocycles. The molecule has 1 amide bonds. The number of carbonyl (C=O) groups excluding carboxylic acids is 1. The van der Waals surface area contributed by atoms with Crippen molar-refractivity contribution >= 4 is 27.7 Å². The minimum Gasteiger partial charge on any atom is -0.311 e. The largest absolute Gasteiger partial charge is 0.311 e. The van der Waals surface area contributed by atoms with Gasteiger partial charge in [-0.1, -0.05) is 35.0 Å². The lowest BCUT2D eigenvalue weighted by Crippen LogP contribution is -2.13. The van der Waals surface area contributed by atoms with Gasteiger partial charge in [0.1, 0.15) is 5.82 Å². The van der Waals surface area contributed by atoms with Gasteiger partial charge in [-0.2, -0.15) is 5.10 Å². The van der Waals surface area contributed by atoms with Crippen LogP contribution < -0.4 is 5.32 Å². The molecule has 5 heteroatoms. The fourth-order valence-corrected chi connectivity index (χ4v) is 2.29. The molecule has 19 heavy (non-hydrogen) atoms. The number of halogens is 1. The molecule has 0 aliphatic carbocycles. The van der Waals surface area contributed by atoms with Gasteiger partial charge in [0.15, 0.2) is 0 Å². The molecule has 2 rings (SSSR count). The number of benzene rings is 1. The predicted molar refractivity (Wildman–Crippen MR) is 79.1 cm³/mol. The number of anilines is 1. The number of carbonyl (C=O) groups is 1. The highest BCUT2D eigenvalue weighted by Crippen LogP contribution is 2.14. The van der Waals surface area contributed by atoms with Gasteiger partial charge in [-0.25, -0.2) is 0 Å². The lowest BCUT2D eigenvalue weighted by atomic mass is 10.1. The van der Waals surface area contributed by atoms with E-state index >= 15 is 0 Å². The summed E-state index contributed by atoms with van der Waals surface area (Å²) in [6.07, 6.45) is 3.77. The molecular weight excluding hydrogens is 306 g/mol. The molecule has 0 aliphatic rings. The summed E-state index contributed by atoms with van der Waals surface area (Å²) in [4.78, 5) is 11.9. The number of H-pyrrole nitrogens is 1. The molecule has 0 aliphatic heterocycles. The normalized spacial score (nSPS) is 10.4. The summed E-state index contributed by atoms with van der Waals surface area (Å²) in [6.45, 7) is 2.03. The van der Waals surface area contributed by atoms with Crippen LogP contribution in [0.3, 0.4) is 0 Å². The Morgan fingerprint density at radius 2 is 2.32 bits per heavy atom. The van der Waals surface area contributed by atoms with Crippen molar-refractivity contribution in [2.24, 2.45) is 0 Å². The molecule has 1 aromatic carbocycles. The molecule has 0 saturated heterocycles. The van der Waals surface area contributed by atoms with Gasteiger partial charge < -0.3 is 5.32 Å². The first kappa shape index (κ1) is 13.8. The van der Waals surface area contributed by atoms with Crippen molar-refractivity contribution in [1.29, 1.82) is 0 Å². The number of nitrogens with zero attached hydrogens (tertiary/aromatic N) is 1. The Kier molecular flexibility index (Phi) is 4.74. The number of hydrogen-bond acceptors (Lipinski definition) is 2. The molecule has 2 N–H and O–H groups in total. The van der Waals surface area contributed by atoms with E-state index in [4.69, 9.17) is 0 Å². The number of rotatable bonds is 5. The average molecular weight is 322 g/mol. The minimum atomic E-state index is -0.000995. The third-order valence-electron chi connectivity index (χ3n) is 2.89. The summed E-state index contributed by atoms with van der Waals surface area (Å²) in [5, 5.41) is 9.59. The number of amides is 1. The average Bonchev–Trinajstić information content (AvgIpc) is 2.84. The second-order valence-corrected chi connectivity index (χ2v) is 5.22. The molecule has 0 fully saturated rings.